The molecule has 7 heteroatoms. The van der Waals surface area contributed by atoms with E-state index < -0.39 is 0 Å². The number of hydrogen-bond acceptors (Lipinski definition) is 7. The Hall–Kier alpha value is -2.93. The lowest BCUT2D eigenvalue weighted by atomic mass is 10.1. The van der Waals surface area contributed by atoms with Crippen LogP contribution in [0.3, 0.4) is 0 Å². The SMILES string of the molecule is CCCC[C@@H](CCO)Nc1nc(N)ncc1OCc1ccc2ccccc2n1. The molecule has 0 aliphatic heterocycles. The van der Waals surface area contributed by atoms with E-state index in [1.54, 1.807) is 6.20 Å². The molecule has 3 rings (SSSR count). The molecule has 2 aromatic heterocycles. The van der Waals surface area contributed by atoms with E-state index in [9.17, 15) is 5.11 Å². The molecule has 7 nitrogen and oxygen atoms in total. The Morgan fingerprint density at radius 1 is 1.14 bits per heavy atom. The average molecular weight is 381 g/mol. The van der Waals surface area contributed by atoms with Gasteiger partial charge in [-0.15, -0.1) is 0 Å². The number of pyridine rings is 1. The minimum atomic E-state index is 0.0976. The molecule has 4 N–H and O–H groups in total. The van der Waals surface area contributed by atoms with Gasteiger partial charge in [0, 0.05) is 18.0 Å². The number of aliphatic hydroxyl groups is 1. The number of hydrogen-bond donors (Lipinski definition) is 3. The van der Waals surface area contributed by atoms with Crippen molar-refractivity contribution in [2.75, 3.05) is 17.7 Å². The molecule has 0 amide bonds. The smallest absolute Gasteiger partial charge is 0.222 e. The lowest BCUT2D eigenvalue weighted by molar-refractivity contribution is 0.275. The van der Waals surface area contributed by atoms with Gasteiger partial charge in [-0.2, -0.15) is 4.98 Å². The number of aliphatic hydroxyl groups excluding tert-OH is 1. The zero-order chi connectivity index (χ0) is 19.8. The number of ether oxygens (including phenoxy) is 1. The van der Waals surface area contributed by atoms with Crippen LogP contribution < -0.4 is 15.8 Å². The maximum Gasteiger partial charge on any atom is 0.222 e. The van der Waals surface area contributed by atoms with E-state index in [0.29, 0.717) is 24.6 Å². The standard InChI is InChI=1S/C21H27N5O2/c1-2-3-7-16(11-12-27)25-20-19(13-23-21(22)26-20)28-14-17-10-9-15-6-4-5-8-18(15)24-17/h4-6,8-10,13,16,27H,2-3,7,11-12,14H2,1H3,(H3,22,23,25,26)/t16-/m0/s1. The van der Waals surface area contributed by atoms with E-state index in [2.05, 4.69) is 27.2 Å². The van der Waals surface area contributed by atoms with Gasteiger partial charge in [0.05, 0.1) is 17.4 Å². The summed E-state index contributed by atoms with van der Waals surface area (Å²) in [6.45, 7) is 2.55. The first-order valence-corrected chi connectivity index (χ1v) is 9.67. The number of rotatable bonds is 10. The number of unbranched alkanes of at least 4 members (excludes halogenated alkanes) is 1. The fraction of sp³-hybridized carbons (Fsp3) is 0.381. The van der Waals surface area contributed by atoms with E-state index in [0.717, 1.165) is 35.9 Å². The third kappa shape index (κ3) is 5.29. The number of anilines is 2. The Bertz CT molecular complexity index is 903. The van der Waals surface area contributed by atoms with Gasteiger partial charge in [0.15, 0.2) is 11.6 Å². The highest BCUT2D eigenvalue weighted by Crippen LogP contribution is 2.25. The van der Waals surface area contributed by atoms with Crippen LogP contribution in [-0.2, 0) is 6.61 Å². The Balaban J connectivity index is 1.73. The Kier molecular flexibility index (Phi) is 6.97. The Morgan fingerprint density at radius 2 is 2.00 bits per heavy atom. The van der Waals surface area contributed by atoms with Gasteiger partial charge in [0.2, 0.25) is 5.95 Å². The maximum atomic E-state index is 9.34. The van der Waals surface area contributed by atoms with Crippen LogP contribution in [0, 0.1) is 0 Å². The van der Waals surface area contributed by atoms with Crippen LogP contribution in [0.4, 0.5) is 11.8 Å². The molecule has 0 radical (unpaired) electrons. The van der Waals surface area contributed by atoms with Crippen LogP contribution in [0.1, 0.15) is 38.3 Å². The summed E-state index contributed by atoms with van der Waals surface area (Å²) in [4.78, 5) is 13.0. The summed E-state index contributed by atoms with van der Waals surface area (Å²) in [7, 11) is 0. The second-order valence-corrected chi connectivity index (χ2v) is 6.72. The van der Waals surface area contributed by atoms with Gasteiger partial charge in [0.1, 0.15) is 6.61 Å². The molecule has 0 saturated heterocycles. The fourth-order valence-electron chi connectivity index (χ4n) is 3.02. The first-order chi connectivity index (χ1) is 13.7. The van der Waals surface area contributed by atoms with E-state index >= 15 is 0 Å². The predicted molar refractivity (Wildman–Crippen MR) is 111 cm³/mol. The van der Waals surface area contributed by atoms with Crippen molar-refractivity contribution < 1.29 is 9.84 Å². The quantitative estimate of drug-likeness (QED) is 0.493. The van der Waals surface area contributed by atoms with Crippen LogP contribution in [0.25, 0.3) is 10.9 Å². The van der Waals surface area contributed by atoms with Gasteiger partial charge in [-0.25, -0.2) is 9.97 Å². The van der Waals surface area contributed by atoms with Gasteiger partial charge in [0.25, 0.3) is 0 Å². The van der Waals surface area contributed by atoms with Crippen molar-refractivity contribution in [2.24, 2.45) is 0 Å². The van der Waals surface area contributed by atoms with Gasteiger partial charge in [-0.1, -0.05) is 44.0 Å². The topological polar surface area (TPSA) is 106 Å². The van der Waals surface area contributed by atoms with Gasteiger partial charge in [-0.3, -0.25) is 0 Å². The van der Waals surface area contributed by atoms with Crippen LogP contribution in [0.2, 0.25) is 0 Å². The lowest BCUT2D eigenvalue weighted by Gasteiger charge is -2.20. The normalized spacial score (nSPS) is 12.1. The third-order valence-corrected chi connectivity index (χ3v) is 4.53. The van der Waals surface area contributed by atoms with Crippen LogP contribution in [0.15, 0.2) is 42.6 Å². The average Bonchev–Trinajstić information content (AvgIpc) is 2.71. The molecule has 0 bridgehead atoms. The molecule has 0 unspecified atom stereocenters. The second kappa shape index (κ2) is 9.85. The molecule has 3 aromatic rings. The molecule has 148 valence electrons. The summed E-state index contributed by atoms with van der Waals surface area (Å²) in [6.07, 6.45) is 5.30. The highest BCUT2D eigenvalue weighted by atomic mass is 16.5. The first kappa shape index (κ1) is 19.8. The highest BCUT2D eigenvalue weighted by molar-refractivity contribution is 5.78. The highest BCUT2D eigenvalue weighted by Gasteiger charge is 2.14. The minimum Gasteiger partial charge on any atom is -0.482 e. The summed E-state index contributed by atoms with van der Waals surface area (Å²) in [5, 5.41) is 13.8. The van der Waals surface area contributed by atoms with Crippen molar-refractivity contribution in [3.05, 3.63) is 48.3 Å². The molecule has 0 aliphatic carbocycles. The molecular formula is C21H27N5O2. The zero-order valence-electron chi connectivity index (χ0n) is 16.1. The molecule has 0 aliphatic rings. The Labute approximate surface area is 165 Å². The van der Waals surface area contributed by atoms with Crippen LogP contribution in [-0.4, -0.2) is 32.7 Å². The van der Waals surface area contributed by atoms with E-state index in [1.165, 1.54) is 0 Å². The van der Waals surface area contributed by atoms with E-state index in [1.807, 2.05) is 36.4 Å². The molecular weight excluding hydrogens is 354 g/mol. The van der Waals surface area contributed by atoms with Crippen molar-refractivity contribution >= 4 is 22.7 Å². The molecule has 28 heavy (non-hydrogen) atoms. The number of aromatic nitrogens is 3. The number of nitrogen functional groups attached to an aromatic ring is 1. The van der Waals surface area contributed by atoms with E-state index in [-0.39, 0.29) is 18.6 Å². The summed E-state index contributed by atoms with van der Waals surface area (Å²) in [5.74, 6) is 1.24. The van der Waals surface area contributed by atoms with Crippen molar-refractivity contribution in [2.45, 2.75) is 45.3 Å². The number of para-hydroxylation sites is 1. The van der Waals surface area contributed by atoms with Gasteiger partial charge in [-0.05, 0) is 25.0 Å². The number of benzene rings is 1. The largest absolute Gasteiger partial charge is 0.482 e. The maximum absolute atomic E-state index is 9.34. The molecule has 1 atom stereocenters. The van der Waals surface area contributed by atoms with Crippen LogP contribution >= 0.6 is 0 Å². The monoisotopic (exact) mass is 381 g/mol. The molecule has 0 spiro atoms. The fourth-order valence-corrected chi connectivity index (χ4v) is 3.02. The van der Waals surface area contributed by atoms with Crippen molar-refractivity contribution in [3.63, 3.8) is 0 Å². The summed E-state index contributed by atoms with van der Waals surface area (Å²) < 4.78 is 5.94. The number of nitrogens with zero attached hydrogens (tertiary/aromatic N) is 3. The summed E-state index contributed by atoms with van der Waals surface area (Å²) >= 11 is 0. The van der Waals surface area contributed by atoms with Crippen molar-refractivity contribution in [1.82, 2.24) is 15.0 Å². The molecule has 1 aromatic carbocycles. The molecule has 2 heterocycles. The Morgan fingerprint density at radius 3 is 2.82 bits per heavy atom. The van der Waals surface area contributed by atoms with E-state index in [4.69, 9.17) is 10.5 Å². The van der Waals surface area contributed by atoms with Crippen molar-refractivity contribution in [3.8, 4) is 5.75 Å². The zero-order valence-corrected chi connectivity index (χ0v) is 16.1. The predicted octanol–water partition coefficient (Wildman–Crippen LogP) is 3.54. The number of nitrogens with two attached hydrogens (primary N) is 1. The van der Waals surface area contributed by atoms with Gasteiger partial charge < -0.3 is 20.9 Å². The van der Waals surface area contributed by atoms with Crippen LogP contribution in [0.5, 0.6) is 5.75 Å². The lowest BCUT2D eigenvalue weighted by Crippen LogP contribution is -2.22. The molecule has 0 saturated carbocycles. The summed E-state index contributed by atoms with van der Waals surface area (Å²) in [5.41, 5.74) is 7.51. The summed E-state index contributed by atoms with van der Waals surface area (Å²) in [6, 6.07) is 12.0. The first-order valence-electron chi connectivity index (χ1n) is 9.67. The second-order valence-electron chi connectivity index (χ2n) is 6.72. The minimum absolute atomic E-state index is 0.0976. The third-order valence-electron chi connectivity index (χ3n) is 4.53. The molecule has 0 fully saturated rings. The number of fused-ring (bicyclic) bond motifs is 1. The number of nitrogens with one attached hydrogen (secondary N) is 1. The van der Waals surface area contributed by atoms with Crippen molar-refractivity contribution in [1.29, 1.82) is 0 Å². The van der Waals surface area contributed by atoms with Gasteiger partial charge >= 0.3 is 0 Å².